The zero-order valence-corrected chi connectivity index (χ0v) is 19.3. The molecule has 0 aliphatic rings. The molecule has 3 atom stereocenters. The highest BCUT2D eigenvalue weighted by molar-refractivity contribution is 5.95. The number of aromatic hydroxyl groups is 1. The Bertz CT molecular complexity index is 1080. The van der Waals surface area contributed by atoms with Crippen molar-refractivity contribution in [2.24, 2.45) is 11.5 Å². The number of primary amides is 1. The second-order valence-electron chi connectivity index (χ2n) is 8.07. The topological polar surface area (TPSA) is 214 Å². The number of hydrogen-bond donors (Lipinski definition) is 7. The molecule has 2 aromatic carbocycles. The highest BCUT2D eigenvalue weighted by Gasteiger charge is 2.27. The van der Waals surface area contributed by atoms with Crippen molar-refractivity contribution >= 4 is 29.6 Å². The number of amides is 4. The second kappa shape index (κ2) is 13.4. The van der Waals surface area contributed by atoms with Gasteiger partial charge in [-0.3, -0.25) is 19.2 Å². The molecule has 0 spiro atoms. The summed E-state index contributed by atoms with van der Waals surface area (Å²) in [6.07, 6.45) is -0.413. The average molecular weight is 500 g/mol. The lowest BCUT2D eigenvalue weighted by atomic mass is 10.0. The lowest BCUT2D eigenvalue weighted by Gasteiger charge is -2.20. The first kappa shape index (κ1) is 27.8. The Morgan fingerprint density at radius 3 is 2.00 bits per heavy atom. The van der Waals surface area contributed by atoms with Crippen molar-refractivity contribution < 1.29 is 34.2 Å². The first-order valence-corrected chi connectivity index (χ1v) is 11.0. The molecule has 0 aromatic heterocycles. The van der Waals surface area contributed by atoms with Gasteiger partial charge < -0.3 is 37.6 Å². The Balaban J connectivity index is 1.92. The summed E-state index contributed by atoms with van der Waals surface area (Å²) in [6, 6.07) is 11.0. The number of carbonyl (C=O) groups is 5. The number of aliphatic carboxylic acids is 1. The highest BCUT2D eigenvalue weighted by atomic mass is 16.4. The zero-order valence-electron chi connectivity index (χ0n) is 19.3. The van der Waals surface area contributed by atoms with Crippen LogP contribution in [0, 0.1) is 0 Å². The van der Waals surface area contributed by atoms with Crippen molar-refractivity contribution in [1.29, 1.82) is 0 Å². The van der Waals surface area contributed by atoms with Crippen LogP contribution < -0.4 is 27.4 Å². The number of nitrogens with two attached hydrogens (primary N) is 2. The number of carboxylic acids is 1. The highest BCUT2D eigenvalue weighted by Crippen LogP contribution is 2.11. The maximum Gasteiger partial charge on any atom is 0.326 e. The fraction of sp³-hybridized carbons (Fsp3) is 0.292. The molecule has 3 unspecified atom stereocenters. The van der Waals surface area contributed by atoms with E-state index in [1.807, 2.05) is 0 Å². The number of carbonyl (C=O) groups excluding carboxylic acids is 4. The first-order chi connectivity index (χ1) is 17.0. The van der Waals surface area contributed by atoms with E-state index in [0.29, 0.717) is 11.1 Å². The SMILES string of the molecule is NC(=O)CC(NC(=O)C(N)Cc1ccc(O)cc1)C(=O)NCC(=O)NC(Cc1ccccc1)C(=O)O. The second-order valence-corrected chi connectivity index (χ2v) is 8.07. The molecular weight excluding hydrogens is 470 g/mol. The number of carboxylic acid groups (broad SMARTS) is 1. The predicted octanol–water partition coefficient (Wildman–Crippen LogP) is -1.45. The quantitative estimate of drug-likeness (QED) is 0.173. The van der Waals surface area contributed by atoms with Crippen LogP contribution in [0.4, 0.5) is 0 Å². The maximum absolute atomic E-state index is 12.5. The fourth-order valence-electron chi connectivity index (χ4n) is 3.25. The van der Waals surface area contributed by atoms with Crippen LogP contribution in [0.3, 0.4) is 0 Å². The molecular formula is C24H29N5O7. The third kappa shape index (κ3) is 9.43. The van der Waals surface area contributed by atoms with E-state index in [1.54, 1.807) is 42.5 Å². The molecule has 0 saturated carbocycles. The van der Waals surface area contributed by atoms with Crippen LogP contribution in [-0.2, 0) is 36.8 Å². The molecule has 0 bridgehead atoms. The van der Waals surface area contributed by atoms with Crippen molar-refractivity contribution in [1.82, 2.24) is 16.0 Å². The number of hydrogen-bond acceptors (Lipinski definition) is 7. The molecule has 192 valence electrons. The summed E-state index contributed by atoms with van der Waals surface area (Å²) in [5, 5.41) is 25.7. The molecule has 2 aromatic rings. The molecule has 12 heteroatoms. The molecule has 0 aliphatic heterocycles. The van der Waals surface area contributed by atoms with Gasteiger partial charge in [-0.05, 0) is 29.7 Å². The smallest absolute Gasteiger partial charge is 0.326 e. The van der Waals surface area contributed by atoms with Gasteiger partial charge in [-0.25, -0.2) is 4.79 Å². The van der Waals surface area contributed by atoms with E-state index >= 15 is 0 Å². The summed E-state index contributed by atoms with van der Waals surface area (Å²) in [4.78, 5) is 60.2. The van der Waals surface area contributed by atoms with Gasteiger partial charge in [-0.15, -0.1) is 0 Å². The van der Waals surface area contributed by atoms with Crippen LogP contribution in [0.15, 0.2) is 54.6 Å². The van der Waals surface area contributed by atoms with E-state index in [0.717, 1.165) is 0 Å². The van der Waals surface area contributed by atoms with Crippen molar-refractivity contribution in [2.45, 2.75) is 37.4 Å². The zero-order chi connectivity index (χ0) is 26.7. The maximum atomic E-state index is 12.5. The van der Waals surface area contributed by atoms with Crippen molar-refractivity contribution in [3.63, 3.8) is 0 Å². The molecule has 12 nitrogen and oxygen atoms in total. The van der Waals surface area contributed by atoms with Crippen LogP contribution in [0.25, 0.3) is 0 Å². The first-order valence-electron chi connectivity index (χ1n) is 11.0. The molecule has 36 heavy (non-hydrogen) atoms. The Kier molecular flexibility index (Phi) is 10.4. The van der Waals surface area contributed by atoms with E-state index in [-0.39, 0.29) is 18.6 Å². The minimum absolute atomic E-state index is 0.0368. The van der Waals surface area contributed by atoms with Gasteiger partial charge >= 0.3 is 5.97 Å². The van der Waals surface area contributed by atoms with Gasteiger partial charge in [0.2, 0.25) is 23.6 Å². The van der Waals surface area contributed by atoms with Gasteiger partial charge in [-0.1, -0.05) is 42.5 Å². The molecule has 2 rings (SSSR count). The van der Waals surface area contributed by atoms with E-state index < -0.39 is 60.7 Å². The summed E-state index contributed by atoms with van der Waals surface area (Å²) in [5.41, 5.74) is 12.4. The Hall–Kier alpha value is -4.45. The van der Waals surface area contributed by atoms with Gasteiger partial charge in [0.15, 0.2) is 0 Å². The van der Waals surface area contributed by atoms with Crippen molar-refractivity contribution in [3.05, 3.63) is 65.7 Å². The monoisotopic (exact) mass is 499 g/mol. The van der Waals surface area contributed by atoms with Crippen molar-refractivity contribution in [2.75, 3.05) is 6.54 Å². The number of rotatable bonds is 13. The molecule has 4 amide bonds. The predicted molar refractivity (Wildman–Crippen MR) is 128 cm³/mol. The van der Waals surface area contributed by atoms with Gasteiger partial charge in [0.1, 0.15) is 17.8 Å². The van der Waals surface area contributed by atoms with E-state index in [4.69, 9.17) is 11.5 Å². The number of benzene rings is 2. The summed E-state index contributed by atoms with van der Waals surface area (Å²) in [7, 11) is 0. The van der Waals surface area contributed by atoms with Crippen LogP contribution in [0.2, 0.25) is 0 Å². The van der Waals surface area contributed by atoms with Crippen LogP contribution in [0.5, 0.6) is 5.75 Å². The molecule has 9 N–H and O–H groups in total. The summed E-state index contributed by atoms with van der Waals surface area (Å²) in [5.74, 6) is -4.46. The van der Waals surface area contributed by atoms with E-state index in [9.17, 15) is 34.2 Å². The Morgan fingerprint density at radius 2 is 1.42 bits per heavy atom. The minimum atomic E-state index is -1.40. The van der Waals surface area contributed by atoms with Gasteiger partial charge in [0, 0.05) is 6.42 Å². The summed E-state index contributed by atoms with van der Waals surface area (Å²) >= 11 is 0. The van der Waals surface area contributed by atoms with Crippen LogP contribution in [0.1, 0.15) is 17.5 Å². The van der Waals surface area contributed by atoms with E-state index in [1.165, 1.54) is 12.1 Å². The van der Waals surface area contributed by atoms with Crippen LogP contribution in [-0.4, -0.2) is 64.5 Å². The third-order valence-electron chi connectivity index (χ3n) is 5.11. The van der Waals surface area contributed by atoms with Gasteiger partial charge in [0.25, 0.3) is 0 Å². The molecule has 0 saturated heterocycles. The molecule has 0 radical (unpaired) electrons. The lowest BCUT2D eigenvalue weighted by Crippen LogP contribution is -2.54. The lowest BCUT2D eigenvalue weighted by molar-refractivity contribution is -0.141. The molecule has 0 aliphatic carbocycles. The third-order valence-corrected chi connectivity index (χ3v) is 5.11. The van der Waals surface area contributed by atoms with Crippen LogP contribution >= 0.6 is 0 Å². The van der Waals surface area contributed by atoms with Crippen molar-refractivity contribution in [3.8, 4) is 5.75 Å². The van der Waals surface area contributed by atoms with E-state index in [2.05, 4.69) is 16.0 Å². The standard InChI is InChI=1S/C24H29N5O7/c25-17(10-15-6-8-16(30)9-7-15)22(33)29-18(12-20(26)31)23(34)27-13-21(32)28-19(24(35)36)11-14-4-2-1-3-5-14/h1-9,17-19,30H,10-13,25H2,(H2,26,31)(H,27,34)(H,28,32)(H,29,33)(H,35,36). The van der Waals surface area contributed by atoms with Gasteiger partial charge in [0.05, 0.1) is 19.0 Å². The minimum Gasteiger partial charge on any atom is -0.508 e. The average Bonchev–Trinajstić information content (AvgIpc) is 2.83. The number of phenolic OH excluding ortho intramolecular Hbond substituents is 1. The molecule has 0 fully saturated rings. The molecule has 0 heterocycles. The van der Waals surface area contributed by atoms with Gasteiger partial charge in [-0.2, -0.15) is 0 Å². The normalized spacial score (nSPS) is 13.0. The summed E-state index contributed by atoms with van der Waals surface area (Å²) < 4.78 is 0. The Morgan fingerprint density at radius 1 is 0.806 bits per heavy atom. The largest absolute Gasteiger partial charge is 0.508 e. The fourth-order valence-corrected chi connectivity index (χ4v) is 3.25. The summed E-state index contributed by atoms with van der Waals surface area (Å²) in [6.45, 7) is -0.595. The number of nitrogens with one attached hydrogen (secondary N) is 3. The Labute approximate surface area is 207 Å². The number of phenols is 1.